The van der Waals surface area contributed by atoms with Gasteiger partial charge in [-0.15, -0.1) is 0 Å². The van der Waals surface area contributed by atoms with E-state index < -0.39 is 37.5 Å². The molecule has 0 saturated carbocycles. The lowest BCUT2D eigenvalue weighted by molar-refractivity contribution is -0.148. The lowest BCUT2D eigenvalue weighted by Crippen LogP contribution is -2.18. The number of carbonyl (C=O) groups excluding carboxylic acids is 1. The molecule has 6 heteroatoms. The van der Waals surface area contributed by atoms with Crippen LogP contribution in [0.1, 0.15) is 19.3 Å². The fourth-order valence-electron chi connectivity index (χ4n) is 0.708. The second kappa shape index (κ2) is 5.06. The standard InChI is InChI=1S/C7H11F3O3/c1-13-6(12)4-5(11)2-3-7(8,9)10/h5,11H,2-4H2,1H3/t5-/m1/s1. The summed E-state index contributed by atoms with van der Waals surface area (Å²) in [4.78, 5) is 10.5. The molecule has 0 aliphatic carbocycles. The Morgan fingerprint density at radius 1 is 1.54 bits per heavy atom. The van der Waals surface area contributed by atoms with Crippen molar-refractivity contribution in [2.45, 2.75) is 31.5 Å². The number of hydrogen-bond donors (Lipinski definition) is 1. The van der Waals surface area contributed by atoms with E-state index in [0.29, 0.717) is 0 Å². The van der Waals surface area contributed by atoms with Gasteiger partial charge in [0.05, 0.1) is 19.6 Å². The summed E-state index contributed by atoms with van der Waals surface area (Å²) in [6.07, 6.45) is -7.54. The molecular weight excluding hydrogens is 189 g/mol. The first-order valence-electron chi connectivity index (χ1n) is 3.67. The van der Waals surface area contributed by atoms with Crippen LogP contribution in [-0.4, -0.2) is 30.5 Å². The van der Waals surface area contributed by atoms with Gasteiger partial charge >= 0.3 is 12.1 Å². The third-order valence-electron chi connectivity index (χ3n) is 1.39. The summed E-state index contributed by atoms with van der Waals surface area (Å²) in [6, 6.07) is 0. The number of rotatable bonds is 4. The van der Waals surface area contributed by atoms with Crippen LogP contribution in [0, 0.1) is 0 Å². The molecule has 0 heterocycles. The quantitative estimate of drug-likeness (QED) is 0.695. The molecule has 0 fully saturated rings. The Morgan fingerprint density at radius 3 is 2.46 bits per heavy atom. The van der Waals surface area contributed by atoms with Gasteiger partial charge in [0.1, 0.15) is 0 Å². The van der Waals surface area contributed by atoms with Crippen molar-refractivity contribution in [1.82, 2.24) is 0 Å². The average molecular weight is 200 g/mol. The van der Waals surface area contributed by atoms with Crippen LogP contribution in [0.4, 0.5) is 13.2 Å². The van der Waals surface area contributed by atoms with E-state index >= 15 is 0 Å². The summed E-state index contributed by atoms with van der Waals surface area (Å²) >= 11 is 0. The third-order valence-corrected chi connectivity index (χ3v) is 1.39. The van der Waals surface area contributed by atoms with E-state index in [1.54, 1.807) is 0 Å². The number of esters is 1. The molecule has 13 heavy (non-hydrogen) atoms. The van der Waals surface area contributed by atoms with Gasteiger partial charge < -0.3 is 9.84 Å². The highest BCUT2D eigenvalue weighted by atomic mass is 19.4. The molecule has 0 aliphatic rings. The molecule has 3 nitrogen and oxygen atoms in total. The van der Waals surface area contributed by atoms with Crippen molar-refractivity contribution in [2.75, 3.05) is 7.11 Å². The molecule has 0 radical (unpaired) electrons. The van der Waals surface area contributed by atoms with E-state index in [9.17, 15) is 18.0 Å². The van der Waals surface area contributed by atoms with Gasteiger partial charge in [-0.1, -0.05) is 0 Å². The summed E-state index contributed by atoms with van der Waals surface area (Å²) in [5, 5.41) is 8.91. The number of alkyl halides is 3. The molecular formula is C7H11F3O3. The van der Waals surface area contributed by atoms with E-state index in [2.05, 4.69) is 4.74 Å². The van der Waals surface area contributed by atoms with Crippen molar-refractivity contribution in [2.24, 2.45) is 0 Å². The van der Waals surface area contributed by atoms with Crippen molar-refractivity contribution in [3.8, 4) is 0 Å². The SMILES string of the molecule is COC(=O)C[C@H](O)CCC(F)(F)F. The van der Waals surface area contributed by atoms with Gasteiger partial charge in [0, 0.05) is 6.42 Å². The zero-order chi connectivity index (χ0) is 10.5. The zero-order valence-corrected chi connectivity index (χ0v) is 7.10. The maximum atomic E-state index is 11.6. The zero-order valence-electron chi connectivity index (χ0n) is 7.10. The van der Waals surface area contributed by atoms with Crippen LogP contribution in [0.3, 0.4) is 0 Å². The van der Waals surface area contributed by atoms with Crippen molar-refractivity contribution in [3.63, 3.8) is 0 Å². The summed E-state index contributed by atoms with van der Waals surface area (Å²) in [5.41, 5.74) is 0. The molecule has 0 bridgehead atoms. The van der Waals surface area contributed by atoms with E-state index in [0.717, 1.165) is 7.11 Å². The van der Waals surface area contributed by atoms with E-state index in [1.165, 1.54) is 0 Å². The molecule has 0 amide bonds. The van der Waals surface area contributed by atoms with Crippen LogP contribution in [0.2, 0.25) is 0 Å². The molecule has 0 aliphatic heterocycles. The molecule has 1 N–H and O–H groups in total. The van der Waals surface area contributed by atoms with Gasteiger partial charge in [0.15, 0.2) is 0 Å². The molecule has 0 spiro atoms. The summed E-state index contributed by atoms with van der Waals surface area (Å²) in [7, 11) is 1.11. The first kappa shape index (κ1) is 12.2. The Balaban J connectivity index is 3.63. The molecule has 0 aromatic heterocycles. The van der Waals surface area contributed by atoms with Gasteiger partial charge in [-0.25, -0.2) is 0 Å². The second-order valence-corrected chi connectivity index (χ2v) is 2.59. The summed E-state index contributed by atoms with van der Waals surface area (Å²) in [5.74, 6) is -0.713. The largest absolute Gasteiger partial charge is 0.469 e. The number of carbonyl (C=O) groups is 1. The molecule has 0 saturated heterocycles. The molecule has 0 unspecified atom stereocenters. The summed E-state index contributed by atoms with van der Waals surface area (Å²) in [6.45, 7) is 0. The minimum Gasteiger partial charge on any atom is -0.469 e. The van der Waals surface area contributed by atoms with Crippen LogP contribution in [0.25, 0.3) is 0 Å². The molecule has 78 valence electrons. The first-order valence-corrected chi connectivity index (χ1v) is 3.67. The van der Waals surface area contributed by atoms with Crippen molar-refractivity contribution >= 4 is 5.97 Å². The number of halogens is 3. The molecule has 1 atom stereocenters. The monoisotopic (exact) mass is 200 g/mol. The van der Waals surface area contributed by atoms with E-state index in [1.807, 2.05) is 0 Å². The Morgan fingerprint density at radius 2 is 2.08 bits per heavy atom. The van der Waals surface area contributed by atoms with Gasteiger partial charge in [-0.05, 0) is 6.42 Å². The summed E-state index contributed by atoms with van der Waals surface area (Å²) < 4.78 is 39.0. The fourth-order valence-corrected chi connectivity index (χ4v) is 0.708. The molecule has 0 rings (SSSR count). The van der Waals surface area contributed by atoms with Crippen LogP contribution < -0.4 is 0 Å². The number of ether oxygens (including phenoxy) is 1. The number of hydrogen-bond acceptors (Lipinski definition) is 3. The third kappa shape index (κ3) is 7.58. The number of aliphatic hydroxyl groups is 1. The normalized spacial score (nSPS) is 13.9. The van der Waals surface area contributed by atoms with Gasteiger partial charge in [-0.3, -0.25) is 4.79 Å². The predicted octanol–water partition coefficient (Wildman–Crippen LogP) is 1.25. The van der Waals surface area contributed by atoms with E-state index in [4.69, 9.17) is 5.11 Å². The van der Waals surface area contributed by atoms with Gasteiger partial charge in [-0.2, -0.15) is 13.2 Å². The highest BCUT2D eigenvalue weighted by molar-refractivity contribution is 5.69. The topological polar surface area (TPSA) is 46.5 Å². The fraction of sp³-hybridized carbons (Fsp3) is 0.857. The first-order chi connectivity index (χ1) is 5.85. The van der Waals surface area contributed by atoms with Crippen molar-refractivity contribution in [3.05, 3.63) is 0 Å². The van der Waals surface area contributed by atoms with Gasteiger partial charge in [0.25, 0.3) is 0 Å². The number of aliphatic hydroxyl groups excluding tert-OH is 1. The Kier molecular flexibility index (Phi) is 4.76. The Hall–Kier alpha value is -0.780. The predicted molar refractivity (Wildman–Crippen MR) is 37.9 cm³/mol. The van der Waals surface area contributed by atoms with Crippen LogP contribution in [0.5, 0.6) is 0 Å². The highest BCUT2D eigenvalue weighted by Gasteiger charge is 2.28. The van der Waals surface area contributed by atoms with Crippen LogP contribution in [-0.2, 0) is 9.53 Å². The number of methoxy groups -OCH3 is 1. The molecule has 0 aromatic carbocycles. The lowest BCUT2D eigenvalue weighted by Gasteiger charge is -2.10. The van der Waals surface area contributed by atoms with Crippen LogP contribution in [0.15, 0.2) is 0 Å². The Labute approximate surface area is 73.5 Å². The lowest BCUT2D eigenvalue weighted by atomic mass is 10.1. The molecule has 0 aromatic rings. The maximum absolute atomic E-state index is 11.6. The highest BCUT2D eigenvalue weighted by Crippen LogP contribution is 2.22. The van der Waals surface area contributed by atoms with Crippen LogP contribution >= 0.6 is 0 Å². The van der Waals surface area contributed by atoms with Crippen molar-refractivity contribution in [1.29, 1.82) is 0 Å². The average Bonchev–Trinajstić information content (AvgIpc) is 1.99. The van der Waals surface area contributed by atoms with Gasteiger partial charge in [0.2, 0.25) is 0 Å². The minimum absolute atomic E-state index is 0.396. The minimum atomic E-state index is -4.29. The second-order valence-electron chi connectivity index (χ2n) is 2.59. The smallest absolute Gasteiger partial charge is 0.389 e. The van der Waals surface area contributed by atoms with Crippen molar-refractivity contribution < 1.29 is 27.8 Å². The van der Waals surface area contributed by atoms with E-state index in [-0.39, 0.29) is 0 Å². The maximum Gasteiger partial charge on any atom is 0.389 e. The Bertz CT molecular complexity index is 167.